The summed E-state index contributed by atoms with van der Waals surface area (Å²) in [4.78, 5) is 26.5. The molecule has 8 nitrogen and oxygen atoms in total. The lowest BCUT2D eigenvalue weighted by Crippen LogP contribution is -2.56. The van der Waals surface area contributed by atoms with E-state index in [1.54, 1.807) is 25.2 Å². The van der Waals surface area contributed by atoms with E-state index in [1.807, 2.05) is 13.0 Å². The third-order valence-electron chi connectivity index (χ3n) is 6.30. The summed E-state index contributed by atoms with van der Waals surface area (Å²) in [6.07, 6.45) is -0.0944. The molecule has 0 aromatic heterocycles. The minimum atomic E-state index is -1.40. The first-order valence-electron chi connectivity index (χ1n) is 11.1. The van der Waals surface area contributed by atoms with Gasteiger partial charge in [-0.3, -0.25) is 4.90 Å². The molecular weight excluding hydrogens is 470 g/mol. The van der Waals surface area contributed by atoms with Gasteiger partial charge in [-0.15, -0.1) is 0 Å². The van der Waals surface area contributed by atoms with Gasteiger partial charge in [0.2, 0.25) is 12.0 Å². The molecule has 10 heteroatoms. The Morgan fingerprint density at radius 2 is 2.03 bits per heavy atom. The van der Waals surface area contributed by atoms with Crippen LogP contribution in [0.4, 0.5) is 4.79 Å². The molecule has 3 rings (SSSR count). The molecule has 1 saturated heterocycles. The molecule has 1 aromatic carbocycles. The second-order valence-corrected chi connectivity index (χ2v) is 11.1. The Balaban J connectivity index is 1.62. The van der Waals surface area contributed by atoms with E-state index >= 15 is 0 Å². The van der Waals surface area contributed by atoms with E-state index in [1.165, 1.54) is 11.8 Å². The molecule has 2 aliphatic rings. The fourth-order valence-electron chi connectivity index (χ4n) is 4.57. The van der Waals surface area contributed by atoms with Gasteiger partial charge in [-0.1, -0.05) is 49.6 Å². The van der Waals surface area contributed by atoms with Crippen LogP contribution in [0, 0.1) is 5.41 Å². The Labute approximate surface area is 202 Å². The predicted octanol–water partition coefficient (Wildman–Crippen LogP) is 3.21. The molecule has 1 aliphatic carbocycles. The lowest BCUT2D eigenvalue weighted by molar-refractivity contribution is -0.164. The largest absolute Gasteiger partial charge is 0.616 e. The van der Waals surface area contributed by atoms with Crippen LogP contribution in [0.1, 0.15) is 45.1 Å². The van der Waals surface area contributed by atoms with Crippen LogP contribution in [0.25, 0.3) is 0 Å². The number of hydrogen-bond acceptors (Lipinski definition) is 7. The molecule has 184 valence electrons. The van der Waals surface area contributed by atoms with E-state index in [-0.39, 0.29) is 11.2 Å². The Morgan fingerprint density at radius 3 is 2.64 bits per heavy atom. The average molecular weight is 502 g/mol. The molecule has 1 saturated carbocycles. The monoisotopic (exact) mass is 501 g/mol. The van der Waals surface area contributed by atoms with Gasteiger partial charge in [-0.2, -0.15) is 0 Å². The van der Waals surface area contributed by atoms with Crippen molar-refractivity contribution in [3.63, 3.8) is 0 Å². The summed E-state index contributed by atoms with van der Waals surface area (Å²) in [7, 11) is 1.55. The molecule has 4 atom stereocenters. The third kappa shape index (κ3) is 5.95. The van der Waals surface area contributed by atoms with Crippen LogP contribution in [-0.4, -0.2) is 70.8 Å². The van der Waals surface area contributed by atoms with Crippen LogP contribution in [-0.2, 0) is 35.7 Å². The summed E-state index contributed by atoms with van der Waals surface area (Å²) in [6.45, 7) is 4.42. The van der Waals surface area contributed by atoms with Gasteiger partial charge in [-0.05, 0) is 35.6 Å². The molecule has 1 aromatic rings. The summed E-state index contributed by atoms with van der Waals surface area (Å²) in [6, 6.07) is 7.12. The van der Waals surface area contributed by atoms with Gasteiger partial charge in [0, 0.05) is 19.0 Å². The van der Waals surface area contributed by atoms with Gasteiger partial charge in [0.15, 0.2) is 0 Å². The number of ether oxygens (including phenoxy) is 3. The Kier molecular flexibility index (Phi) is 8.55. The maximum Gasteiger partial charge on any atom is 0.413 e. The minimum absolute atomic E-state index is 0.181. The zero-order chi connectivity index (χ0) is 24.2. The van der Waals surface area contributed by atoms with Gasteiger partial charge < -0.3 is 23.9 Å². The number of aliphatic hydroxyl groups excluding tert-OH is 1. The summed E-state index contributed by atoms with van der Waals surface area (Å²) >= 11 is 5.05. The minimum Gasteiger partial charge on any atom is -0.616 e. The topological polar surface area (TPSA) is 108 Å². The predicted molar refractivity (Wildman–Crippen MR) is 124 cm³/mol. The maximum atomic E-state index is 13.0. The quantitative estimate of drug-likeness (QED) is 0.331. The molecule has 3 unspecified atom stereocenters. The van der Waals surface area contributed by atoms with Crippen molar-refractivity contribution in [3.05, 3.63) is 34.9 Å². The highest BCUT2D eigenvalue weighted by Gasteiger charge is 2.48. The van der Waals surface area contributed by atoms with Crippen LogP contribution in [0.5, 0.6) is 0 Å². The number of nitrogens with zero attached hydrogens (tertiary/aromatic N) is 1. The van der Waals surface area contributed by atoms with E-state index in [0.717, 1.165) is 12.8 Å². The number of benzene rings is 1. The molecular formula is C23H32ClNO7S. The van der Waals surface area contributed by atoms with Gasteiger partial charge in [0.25, 0.3) is 0 Å². The van der Waals surface area contributed by atoms with E-state index in [4.69, 9.17) is 25.8 Å². The first-order chi connectivity index (χ1) is 15.6. The van der Waals surface area contributed by atoms with Crippen molar-refractivity contribution in [1.29, 1.82) is 0 Å². The van der Waals surface area contributed by atoms with Crippen LogP contribution < -0.4 is 0 Å². The highest BCUT2D eigenvalue weighted by atomic mass is 35.5. The number of likely N-dealkylation sites (N-methyl/N-ethyl adjacent to an activating group) is 1. The van der Waals surface area contributed by atoms with Crippen molar-refractivity contribution in [3.8, 4) is 0 Å². The van der Waals surface area contributed by atoms with Gasteiger partial charge in [0.1, 0.15) is 5.75 Å². The van der Waals surface area contributed by atoms with Crippen LogP contribution in [0.15, 0.2) is 24.3 Å². The SMILES string of the molecule is CC(OC(=O)C[S+]([O-])CC1(C)COC1)OC(=O)N(C)[C@]1(c2ccccc2Cl)CCCCC1O. The van der Waals surface area contributed by atoms with Crippen molar-refractivity contribution in [2.24, 2.45) is 5.41 Å². The number of halogens is 1. The number of rotatable bonds is 8. The van der Waals surface area contributed by atoms with Crippen LogP contribution in [0.2, 0.25) is 5.02 Å². The molecule has 1 N–H and O–H groups in total. The maximum absolute atomic E-state index is 13.0. The van der Waals surface area contributed by atoms with E-state index in [2.05, 4.69) is 0 Å². The second kappa shape index (κ2) is 10.8. The standard InChI is InChI=1S/C23H32ClNO7S/c1-16(31-20(27)12-33(29)15-22(2)13-30-14-22)32-21(28)25(3)23(11-7-6-10-19(23)26)17-8-4-5-9-18(17)24/h4-5,8-9,16,19,26H,6-7,10-15H2,1-3H3/t16?,19?,23-,33?/m0/s1. The zero-order valence-electron chi connectivity index (χ0n) is 19.3. The first kappa shape index (κ1) is 26.1. The van der Waals surface area contributed by atoms with Gasteiger partial charge in [-0.25, -0.2) is 9.59 Å². The number of carbonyl (C=O) groups is 2. The molecule has 0 radical (unpaired) electrons. The fraction of sp³-hybridized carbons (Fsp3) is 0.652. The van der Waals surface area contributed by atoms with Crippen molar-refractivity contribution < 1.29 is 33.5 Å². The van der Waals surface area contributed by atoms with Crippen molar-refractivity contribution in [1.82, 2.24) is 4.90 Å². The number of aliphatic hydroxyl groups is 1. The van der Waals surface area contributed by atoms with Crippen molar-refractivity contribution in [2.45, 2.75) is 57.5 Å². The Bertz CT molecular complexity index is 852. The third-order valence-corrected chi connectivity index (χ3v) is 8.21. The zero-order valence-corrected chi connectivity index (χ0v) is 20.8. The van der Waals surface area contributed by atoms with Crippen LogP contribution in [0.3, 0.4) is 0 Å². The van der Waals surface area contributed by atoms with E-state index < -0.39 is 41.2 Å². The summed E-state index contributed by atoms with van der Waals surface area (Å²) in [5, 5.41) is 11.4. The van der Waals surface area contributed by atoms with Crippen molar-refractivity contribution in [2.75, 3.05) is 31.8 Å². The van der Waals surface area contributed by atoms with Crippen molar-refractivity contribution >= 4 is 34.8 Å². The Morgan fingerprint density at radius 1 is 1.33 bits per heavy atom. The Hall–Kier alpha value is -1.52. The normalized spacial score (nSPS) is 25.9. The number of carbonyl (C=O) groups excluding carboxylic acids is 2. The molecule has 0 spiro atoms. The molecule has 1 amide bonds. The molecule has 1 aliphatic heterocycles. The highest BCUT2D eigenvalue weighted by Crippen LogP contribution is 2.44. The first-order valence-corrected chi connectivity index (χ1v) is 12.9. The van der Waals surface area contributed by atoms with E-state index in [9.17, 15) is 19.2 Å². The average Bonchev–Trinajstić information content (AvgIpc) is 2.72. The summed E-state index contributed by atoms with van der Waals surface area (Å²) in [5.74, 6) is -0.647. The summed E-state index contributed by atoms with van der Waals surface area (Å²) in [5.41, 5.74) is -0.592. The molecule has 2 fully saturated rings. The molecule has 33 heavy (non-hydrogen) atoms. The molecule has 1 heterocycles. The van der Waals surface area contributed by atoms with Crippen LogP contribution >= 0.6 is 11.6 Å². The highest BCUT2D eigenvalue weighted by molar-refractivity contribution is 7.92. The van der Waals surface area contributed by atoms with Gasteiger partial charge >= 0.3 is 12.1 Å². The summed E-state index contributed by atoms with van der Waals surface area (Å²) < 4.78 is 27.9. The lowest BCUT2D eigenvalue weighted by Gasteiger charge is -2.48. The smallest absolute Gasteiger partial charge is 0.413 e. The number of amides is 1. The number of hydrogen-bond donors (Lipinski definition) is 1. The number of esters is 1. The van der Waals surface area contributed by atoms with E-state index in [0.29, 0.717) is 42.4 Å². The van der Waals surface area contributed by atoms with Gasteiger partial charge in [0.05, 0.1) is 30.3 Å². The fourth-order valence-corrected chi connectivity index (χ4v) is 6.24. The molecule has 0 bridgehead atoms. The second-order valence-electron chi connectivity index (χ2n) is 9.20. The lowest BCUT2D eigenvalue weighted by atomic mass is 9.73.